The van der Waals surface area contributed by atoms with Gasteiger partial charge in [-0.05, 0) is 23.3 Å². The van der Waals surface area contributed by atoms with Crippen LogP contribution in [0.15, 0.2) is 72.8 Å². The van der Waals surface area contributed by atoms with Gasteiger partial charge in [0.2, 0.25) is 5.75 Å². The fraction of sp³-hybridized carbons (Fsp3) is 0.136. The van der Waals surface area contributed by atoms with Crippen molar-refractivity contribution in [1.82, 2.24) is 0 Å². The van der Waals surface area contributed by atoms with Gasteiger partial charge >= 0.3 is 5.97 Å². The molecule has 0 unspecified atom stereocenters. The van der Waals surface area contributed by atoms with Gasteiger partial charge in [0.15, 0.2) is 11.5 Å². The van der Waals surface area contributed by atoms with E-state index in [4.69, 9.17) is 14.2 Å². The van der Waals surface area contributed by atoms with E-state index in [1.165, 1.54) is 13.2 Å². The van der Waals surface area contributed by atoms with E-state index in [0.717, 1.165) is 11.1 Å². The molecule has 0 saturated heterocycles. The van der Waals surface area contributed by atoms with Crippen LogP contribution in [0.1, 0.15) is 21.5 Å². The van der Waals surface area contributed by atoms with E-state index in [-0.39, 0.29) is 30.3 Å². The molecule has 0 spiro atoms. The molecule has 5 heteroatoms. The number of benzene rings is 3. The summed E-state index contributed by atoms with van der Waals surface area (Å²) in [6.45, 7) is 0.484. The Labute approximate surface area is 157 Å². The summed E-state index contributed by atoms with van der Waals surface area (Å²) in [5, 5.41) is 9.56. The Hall–Kier alpha value is -3.47. The molecular formula is C22H20O5. The van der Waals surface area contributed by atoms with Crippen LogP contribution in [0.25, 0.3) is 0 Å². The molecule has 0 bridgehead atoms. The molecule has 1 N–H and O–H groups in total. The minimum absolute atomic E-state index is 0.0230. The van der Waals surface area contributed by atoms with Crippen LogP contribution in [0.3, 0.4) is 0 Å². The average Bonchev–Trinajstić information content (AvgIpc) is 2.71. The van der Waals surface area contributed by atoms with Crippen LogP contribution < -0.4 is 14.2 Å². The van der Waals surface area contributed by atoms with Crippen LogP contribution >= 0.6 is 0 Å². The number of methoxy groups -OCH3 is 1. The molecule has 0 atom stereocenters. The largest absolute Gasteiger partial charge is 0.493 e. The summed E-state index contributed by atoms with van der Waals surface area (Å²) in [5.74, 6) is -0.247. The zero-order valence-electron chi connectivity index (χ0n) is 14.9. The van der Waals surface area contributed by atoms with Crippen molar-refractivity contribution in [2.45, 2.75) is 13.2 Å². The van der Waals surface area contributed by atoms with Crippen LogP contribution in [-0.2, 0) is 13.2 Å². The first-order valence-corrected chi connectivity index (χ1v) is 8.46. The molecule has 0 heterocycles. The summed E-state index contributed by atoms with van der Waals surface area (Å²) < 4.78 is 17.1. The van der Waals surface area contributed by atoms with E-state index >= 15 is 0 Å². The summed E-state index contributed by atoms with van der Waals surface area (Å²) in [7, 11) is 1.51. The molecule has 138 valence electrons. The maximum Gasteiger partial charge on any atom is 0.339 e. The highest BCUT2D eigenvalue weighted by atomic mass is 16.5. The van der Waals surface area contributed by atoms with E-state index in [1.807, 2.05) is 60.7 Å². The predicted octanol–water partition coefficient (Wildman–Crippen LogP) is 4.55. The fourth-order valence-corrected chi connectivity index (χ4v) is 2.61. The zero-order valence-corrected chi connectivity index (χ0v) is 14.9. The van der Waals surface area contributed by atoms with Gasteiger partial charge in [0.1, 0.15) is 18.8 Å². The third kappa shape index (κ3) is 4.58. The van der Waals surface area contributed by atoms with Crippen molar-refractivity contribution in [3.8, 4) is 17.2 Å². The lowest BCUT2D eigenvalue weighted by Gasteiger charge is -2.18. The van der Waals surface area contributed by atoms with E-state index < -0.39 is 5.97 Å². The number of carboxylic acid groups (broad SMARTS) is 1. The van der Waals surface area contributed by atoms with E-state index in [0.29, 0.717) is 5.75 Å². The summed E-state index contributed by atoms with van der Waals surface area (Å²) in [5.41, 5.74) is 1.90. The third-order valence-corrected chi connectivity index (χ3v) is 3.98. The lowest BCUT2D eigenvalue weighted by Crippen LogP contribution is -2.07. The van der Waals surface area contributed by atoms with Crippen molar-refractivity contribution in [2.24, 2.45) is 0 Å². The molecule has 3 aromatic rings. The van der Waals surface area contributed by atoms with Crippen LogP contribution in [-0.4, -0.2) is 18.2 Å². The van der Waals surface area contributed by atoms with Crippen molar-refractivity contribution in [3.05, 3.63) is 89.5 Å². The molecule has 0 amide bonds. The Morgan fingerprint density at radius 3 is 1.78 bits per heavy atom. The first kappa shape index (κ1) is 18.3. The zero-order chi connectivity index (χ0) is 19.1. The third-order valence-electron chi connectivity index (χ3n) is 3.98. The topological polar surface area (TPSA) is 65.0 Å². The molecule has 5 nitrogen and oxygen atoms in total. The summed E-state index contributed by atoms with van der Waals surface area (Å²) in [4.78, 5) is 11.7. The first-order valence-electron chi connectivity index (χ1n) is 8.46. The molecule has 27 heavy (non-hydrogen) atoms. The highest BCUT2D eigenvalue weighted by Crippen LogP contribution is 2.41. The molecule has 0 aliphatic heterocycles. The quantitative estimate of drug-likeness (QED) is 0.635. The average molecular weight is 364 g/mol. The van der Waals surface area contributed by atoms with E-state index in [2.05, 4.69) is 0 Å². The molecule has 0 aliphatic carbocycles. The van der Waals surface area contributed by atoms with Gasteiger partial charge < -0.3 is 19.3 Å². The smallest absolute Gasteiger partial charge is 0.339 e. The second-order valence-corrected chi connectivity index (χ2v) is 5.83. The predicted molar refractivity (Wildman–Crippen MR) is 102 cm³/mol. The number of ether oxygens (including phenoxy) is 3. The molecule has 3 rings (SSSR count). The standard InChI is InChI=1S/C22H20O5/c1-25-19-13-12-18(22(23)24)20(26-14-16-8-4-2-5-9-16)21(19)27-15-17-10-6-3-7-11-17/h2-13H,14-15H2,1H3,(H,23,24). The Morgan fingerprint density at radius 2 is 1.30 bits per heavy atom. The van der Waals surface area contributed by atoms with Crippen LogP contribution in [0.2, 0.25) is 0 Å². The normalized spacial score (nSPS) is 10.3. The Balaban J connectivity index is 1.92. The van der Waals surface area contributed by atoms with Gasteiger partial charge in [0.05, 0.1) is 7.11 Å². The van der Waals surface area contributed by atoms with E-state index in [1.54, 1.807) is 6.07 Å². The molecule has 0 aliphatic rings. The maximum atomic E-state index is 11.7. The Morgan fingerprint density at radius 1 is 0.778 bits per heavy atom. The number of hydrogen-bond acceptors (Lipinski definition) is 4. The van der Waals surface area contributed by atoms with Crippen LogP contribution in [0, 0.1) is 0 Å². The fourth-order valence-electron chi connectivity index (χ4n) is 2.61. The van der Waals surface area contributed by atoms with Gasteiger partial charge in [-0.15, -0.1) is 0 Å². The minimum Gasteiger partial charge on any atom is -0.493 e. The number of rotatable bonds is 8. The monoisotopic (exact) mass is 364 g/mol. The second-order valence-electron chi connectivity index (χ2n) is 5.83. The molecule has 3 aromatic carbocycles. The number of carbonyl (C=O) groups is 1. The number of hydrogen-bond donors (Lipinski definition) is 1. The van der Waals surface area contributed by atoms with Gasteiger partial charge in [-0.2, -0.15) is 0 Å². The SMILES string of the molecule is COc1ccc(C(=O)O)c(OCc2ccccc2)c1OCc1ccccc1. The van der Waals surface area contributed by atoms with Gasteiger partial charge in [0, 0.05) is 0 Å². The van der Waals surface area contributed by atoms with Crippen LogP contribution in [0.4, 0.5) is 0 Å². The van der Waals surface area contributed by atoms with Crippen molar-refractivity contribution >= 4 is 5.97 Å². The minimum atomic E-state index is -1.09. The van der Waals surface area contributed by atoms with Gasteiger partial charge in [0.25, 0.3) is 0 Å². The van der Waals surface area contributed by atoms with Gasteiger partial charge in [-0.25, -0.2) is 4.79 Å². The van der Waals surface area contributed by atoms with Crippen molar-refractivity contribution in [2.75, 3.05) is 7.11 Å². The van der Waals surface area contributed by atoms with Gasteiger partial charge in [-0.3, -0.25) is 0 Å². The van der Waals surface area contributed by atoms with Crippen molar-refractivity contribution in [1.29, 1.82) is 0 Å². The maximum absolute atomic E-state index is 11.7. The highest BCUT2D eigenvalue weighted by molar-refractivity contribution is 5.92. The number of carboxylic acids is 1. The van der Waals surface area contributed by atoms with E-state index in [9.17, 15) is 9.90 Å². The van der Waals surface area contributed by atoms with Crippen molar-refractivity contribution < 1.29 is 24.1 Å². The molecule has 0 radical (unpaired) electrons. The Bertz CT molecular complexity index is 891. The lowest BCUT2D eigenvalue weighted by atomic mass is 10.1. The number of aromatic carboxylic acids is 1. The highest BCUT2D eigenvalue weighted by Gasteiger charge is 2.22. The van der Waals surface area contributed by atoms with Crippen molar-refractivity contribution in [3.63, 3.8) is 0 Å². The van der Waals surface area contributed by atoms with Crippen LogP contribution in [0.5, 0.6) is 17.2 Å². The lowest BCUT2D eigenvalue weighted by molar-refractivity contribution is 0.0690. The summed E-state index contributed by atoms with van der Waals surface area (Å²) >= 11 is 0. The summed E-state index contributed by atoms with van der Waals surface area (Å²) in [6.07, 6.45) is 0. The first-order chi connectivity index (χ1) is 13.2. The second kappa shape index (κ2) is 8.76. The molecule has 0 fully saturated rings. The molecular weight excluding hydrogens is 344 g/mol. The molecule has 0 aromatic heterocycles. The summed E-state index contributed by atoms with van der Waals surface area (Å²) in [6, 6.07) is 22.1. The molecule has 0 saturated carbocycles. The van der Waals surface area contributed by atoms with Gasteiger partial charge in [-0.1, -0.05) is 60.7 Å². The Kier molecular flexibility index (Phi) is 5.94.